The summed E-state index contributed by atoms with van der Waals surface area (Å²) in [6.07, 6.45) is 1.40. The Morgan fingerprint density at radius 2 is 1.82 bits per heavy atom. The minimum atomic E-state index is -1.00. The first-order valence-electron chi connectivity index (χ1n) is 8.33. The molecule has 28 heavy (non-hydrogen) atoms. The summed E-state index contributed by atoms with van der Waals surface area (Å²) in [5.41, 5.74) is 0.461. The molecule has 0 saturated carbocycles. The van der Waals surface area contributed by atoms with Gasteiger partial charge in [-0.1, -0.05) is 23.7 Å². The van der Waals surface area contributed by atoms with Gasteiger partial charge in [-0.05, 0) is 48.5 Å². The van der Waals surface area contributed by atoms with E-state index in [9.17, 15) is 19.1 Å². The van der Waals surface area contributed by atoms with Gasteiger partial charge < -0.3 is 9.52 Å². The number of carbonyl (C=O) groups is 2. The molecule has 1 atom stereocenters. The minimum Gasteiger partial charge on any atom is -0.507 e. The third-order valence-electron chi connectivity index (χ3n) is 4.46. The number of amides is 1. The van der Waals surface area contributed by atoms with E-state index in [1.807, 2.05) is 0 Å². The van der Waals surface area contributed by atoms with E-state index in [1.54, 1.807) is 30.3 Å². The monoisotopic (exact) mass is 397 g/mol. The lowest BCUT2D eigenvalue weighted by Crippen LogP contribution is -2.29. The number of rotatable bonds is 3. The summed E-state index contributed by atoms with van der Waals surface area (Å²) >= 11 is 5.99. The molecule has 0 radical (unpaired) electrons. The number of Topliss-reactive ketones (excluding diaryl/α,β-unsaturated/α-hetero) is 1. The summed E-state index contributed by atoms with van der Waals surface area (Å²) in [6, 6.07) is 13.7. The Morgan fingerprint density at radius 3 is 2.46 bits per heavy atom. The van der Waals surface area contributed by atoms with E-state index < -0.39 is 23.5 Å². The first kappa shape index (κ1) is 18.0. The summed E-state index contributed by atoms with van der Waals surface area (Å²) in [5, 5.41) is 11.2. The van der Waals surface area contributed by atoms with Gasteiger partial charge in [-0.15, -0.1) is 0 Å². The third-order valence-corrected chi connectivity index (χ3v) is 4.70. The number of hydrogen-bond acceptors (Lipinski definition) is 4. The predicted molar refractivity (Wildman–Crippen MR) is 101 cm³/mol. The number of anilines is 1. The minimum absolute atomic E-state index is 0.133. The number of nitrogens with zero attached hydrogens (tertiary/aromatic N) is 1. The molecule has 3 aromatic rings. The molecule has 140 valence electrons. The zero-order chi connectivity index (χ0) is 19.8. The Hall–Kier alpha value is -3.38. The predicted octanol–water partition coefficient (Wildman–Crippen LogP) is 4.70. The molecule has 1 aliphatic rings. The maximum Gasteiger partial charge on any atom is 0.300 e. The smallest absolute Gasteiger partial charge is 0.300 e. The number of benzene rings is 2. The van der Waals surface area contributed by atoms with Gasteiger partial charge in [-0.25, -0.2) is 4.39 Å². The fourth-order valence-electron chi connectivity index (χ4n) is 3.21. The van der Waals surface area contributed by atoms with Gasteiger partial charge >= 0.3 is 0 Å². The first-order valence-corrected chi connectivity index (χ1v) is 8.71. The normalized spacial score (nSPS) is 18.6. The Kier molecular flexibility index (Phi) is 4.49. The zero-order valence-corrected chi connectivity index (χ0v) is 15.1. The quantitative estimate of drug-likeness (QED) is 0.395. The van der Waals surface area contributed by atoms with Crippen molar-refractivity contribution >= 4 is 34.7 Å². The molecule has 2 heterocycles. The zero-order valence-electron chi connectivity index (χ0n) is 14.3. The Balaban J connectivity index is 1.93. The van der Waals surface area contributed by atoms with Crippen LogP contribution in [0.3, 0.4) is 0 Å². The van der Waals surface area contributed by atoms with Gasteiger partial charge in [-0.3, -0.25) is 14.5 Å². The van der Waals surface area contributed by atoms with E-state index in [2.05, 4.69) is 0 Å². The second-order valence-electron chi connectivity index (χ2n) is 6.17. The number of aliphatic hydroxyl groups excluding tert-OH is 1. The highest BCUT2D eigenvalue weighted by Crippen LogP contribution is 2.42. The lowest BCUT2D eigenvalue weighted by molar-refractivity contribution is -0.132. The molecule has 0 spiro atoms. The highest BCUT2D eigenvalue weighted by Gasteiger charge is 2.48. The highest BCUT2D eigenvalue weighted by molar-refractivity contribution is 6.51. The van der Waals surface area contributed by atoms with Crippen LogP contribution in [0.2, 0.25) is 5.02 Å². The number of hydrogen-bond donors (Lipinski definition) is 1. The van der Waals surface area contributed by atoms with Crippen LogP contribution in [0, 0.1) is 5.82 Å². The second-order valence-corrected chi connectivity index (χ2v) is 6.61. The van der Waals surface area contributed by atoms with Crippen LogP contribution in [-0.4, -0.2) is 16.8 Å². The van der Waals surface area contributed by atoms with Crippen molar-refractivity contribution in [1.29, 1.82) is 0 Å². The van der Waals surface area contributed by atoms with Crippen molar-refractivity contribution in [2.75, 3.05) is 4.90 Å². The largest absolute Gasteiger partial charge is 0.507 e. The van der Waals surface area contributed by atoms with Crippen LogP contribution in [0.5, 0.6) is 0 Å². The summed E-state index contributed by atoms with van der Waals surface area (Å²) in [5.74, 6) is -2.28. The molecule has 4 rings (SSSR count). The SMILES string of the molecule is O=C1C(=O)N(c2ccc(F)cc2)C(c2ccco2)/C1=C(/O)c1cccc(Cl)c1. The van der Waals surface area contributed by atoms with E-state index in [-0.39, 0.29) is 17.1 Å². The van der Waals surface area contributed by atoms with Crippen molar-refractivity contribution in [2.24, 2.45) is 0 Å². The molecule has 1 aromatic heterocycles. The number of furan rings is 1. The molecule has 0 aliphatic carbocycles. The average Bonchev–Trinajstić information content (AvgIpc) is 3.30. The van der Waals surface area contributed by atoms with Crippen LogP contribution < -0.4 is 4.90 Å². The van der Waals surface area contributed by atoms with Crippen LogP contribution in [0.25, 0.3) is 5.76 Å². The molecule has 1 fully saturated rings. The standard InChI is InChI=1S/C21H13ClFNO4/c22-13-4-1-3-12(11-13)19(25)17-18(16-5-2-10-28-16)24(21(27)20(17)26)15-8-6-14(23)7-9-15/h1-11,18,25H/b19-17-. The highest BCUT2D eigenvalue weighted by atomic mass is 35.5. The van der Waals surface area contributed by atoms with E-state index >= 15 is 0 Å². The topological polar surface area (TPSA) is 70.8 Å². The van der Waals surface area contributed by atoms with E-state index in [4.69, 9.17) is 16.0 Å². The Morgan fingerprint density at radius 1 is 1.07 bits per heavy atom. The summed E-state index contributed by atoms with van der Waals surface area (Å²) < 4.78 is 18.8. The van der Waals surface area contributed by atoms with Crippen LogP contribution >= 0.6 is 11.6 Å². The molecule has 1 unspecified atom stereocenters. The van der Waals surface area contributed by atoms with Crippen LogP contribution in [0.15, 0.2) is 76.9 Å². The van der Waals surface area contributed by atoms with Gasteiger partial charge in [0.2, 0.25) is 0 Å². The lowest BCUT2D eigenvalue weighted by atomic mass is 9.99. The van der Waals surface area contributed by atoms with E-state index in [0.717, 1.165) is 0 Å². The van der Waals surface area contributed by atoms with Crippen LogP contribution in [-0.2, 0) is 9.59 Å². The van der Waals surface area contributed by atoms with Gasteiger partial charge in [0.1, 0.15) is 23.4 Å². The fraction of sp³-hybridized carbons (Fsp3) is 0.0476. The number of halogens is 2. The van der Waals surface area contributed by atoms with Crippen LogP contribution in [0.4, 0.5) is 10.1 Å². The molecular formula is C21H13ClFNO4. The van der Waals surface area contributed by atoms with Crippen molar-refractivity contribution in [3.05, 3.63) is 94.7 Å². The fourth-order valence-corrected chi connectivity index (χ4v) is 3.40. The van der Waals surface area contributed by atoms with Crippen molar-refractivity contribution in [2.45, 2.75) is 6.04 Å². The molecule has 1 N–H and O–H groups in total. The number of carbonyl (C=O) groups excluding carboxylic acids is 2. The Labute approximate surface area is 164 Å². The van der Waals surface area contributed by atoms with Gasteiger partial charge in [0, 0.05) is 16.3 Å². The maximum absolute atomic E-state index is 13.3. The van der Waals surface area contributed by atoms with Crippen molar-refractivity contribution in [3.63, 3.8) is 0 Å². The Bertz CT molecular complexity index is 1090. The molecule has 2 aromatic carbocycles. The molecule has 1 aliphatic heterocycles. The molecule has 5 nitrogen and oxygen atoms in total. The lowest BCUT2D eigenvalue weighted by Gasteiger charge is -2.23. The van der Waals surface area contributed by atoms with Crippen LogP contribution in [0.1, 0.15) is 17.4 Å². The van der Waals surface area contributed by atoms with Crippen molar-refractivity contribution in [3.8, 4) is 0 Å². The number of ketones is 1. The summed E-state index contributed by atoms with van der Waals surface area (Å²) in [7, 11) is 0. The molecular weight excluding hydrogens is 385 g/mol. The van der Waals surface area contributed by atoms with Gasteiger partial charge in [0.25, 0.3) is 11.7 Å². The molecule has 1 saturated heterocycles. The average molecular weight is 398 g/mol. The number of aliphatic hydroxyl groups is 1. The van der Waals surface area contributed by atoms with Gasteiger partial charge in [0.15, 0.2) is 0 Å². The molecule has 1 amide bonds. The van der Waals surface area contributed by atoms with Gasteiger partial charge in [0.05, 0.1) is 11.8 Å². The summed E-state index contributed by atoms with van der Waals surface area (Å²) in [6.45, 7) is 0. The van der Waals surface area contributed by atoms with Gasteiger partial charge in [-0.2, -0.15) is 0 Å². The second kappa shape index (κ2) is 6.98. The van der Waals surface area contributed by atoms with E-state index in [0.29, 0.717) is 16.3 Å². The third kappa shape index (κ3) is 2.97. The first-order chi connectivity index (χ1) is 13.5. The van der Waals surface area contributed by atoms with E-state index in [1.165, 1.54) is 41.5 Å². The maximum atomic E-state index is 13.3. The van der Waals surface area contributed by atoms with Crippen molar-refractivity contribution < 1.29 is 23.5 Å². The summed E-state index contributed by atoms with van der Waals surface area (Å²) in [4.78, 5) is 26.8. The van der Waals surface area contributed by atoms with Crippen molar-refractivity contribution in [1.82, 2.24) is 0 Å². The molecule has 0 bridgehead atoms. The molecule has 7 heteroatoms.